The van der Waals surface area contributed by atoms with Crippen LogP contribution in [0.15, 0.2) is 72.3 Å². The Hall–Kier alpha value is -3.08. The van der Waals surface area contributed by atoms with E-state index >= 15 is 0 Å². The van der Waals surface area contributed by atoms with Gasteiger partial charge in [-0.2, -0.15) is 0 Å². The van der Waals surface area contributed by atoms with Crippen molar-refractivity contribution >= 4 is 12.1 Å². The lowest BCUT2D eigenvalue weighted by molar-refractivity contribution is 0.0219. The van der Waals surface area contributed by atoms with Crippen LogP contribution in [0.4, 0.5) is 4.79 Å². The van der Waals surface area contributed by atoms with E-state index in [9.17, 15) is 9.59 Å². The first-order chi connectivity index (χ1) is 13.2. The van der Waals surface area contributed by atoms with Gasteiger partial charge >= 0.3 is 12.1 Å². The normalized spacial score (nSPS) is 20.7. The second-order valence-corrected chi connectivity index (χ2v) is 6.85. The second kappa shape index (κ2) is 7.66. The molecule has 2 aromatic carbocycles. The molecular weight excluding hydrogens is 342 g/mol. The van der Waals surface area contributed by atoms with Crippen molar-refractivity contribution in [2.75, 3.05) is 13.1 Å². The van der Waals surface area contributed by atoms with Crippen molar-refractivity contribution < 1.29 is 19.1 Å². The van der Waals surface area contributed by atoms with Crippen LogP contribution in [0.25, 0.3) is 0 Å². The minimum atomic E-state index is -0.331. The van der Waals surface area contributed by atoms with Crippen molar-refractivity contribution in [3.05, 3.63) is 83.4 Å². The van der Waals surface area contributed by atoms with Crippen molar-refractivity contribution in [1.82, 2.24) is 4.90 Å². The molecule has 1 heterocycles. The average Bonchev–Trinajstić information content (AvgIpc) is 3.29. The molecule has 2 aromatic rings. The minimum absolute atomic E-state index is 0.0573. The highest BCUT2D eigenvalue weighted by atomic mass is 16.6. The Morgan fingerprint density at radius 1 is 1.00 bits per heavy atom. The molecule has 1 aliphatic heterocycles. The summed E-state index contributed by atoms with van der Waals surface area (Å²) in [4.78, 5) is 26.4. The Bertz CT molecular complexity index is 847. The number of fused-ring (bicyclic) bond motifs is 1. The first kappa shape index (κ1) is 17.3. The van der Waals surface area contributed by atoms with Crippen molar-refractivity contribution in [3.8, 4) is 0 Å². The van der Waals surface area contributed by atoms with Gasteiger partial charge in [-0.25, -0.2) is 9.59 Å². The molecule has 1 amide bonds. The van der Waals surface area contributed by atoms with Gasteiger partial charge in [0.15, 0.2) is 0 Å². The summed E-state index contributed by atoms with van der Waals surface area (Å²) in [5.41, 5.74) is 2.65. The van der Waals surface area contributed by atoms with E-state index in [1.807, 2.05) is 48.5 Å². The monoisotopic (exact) mass is 363 g/mol. The fraction of sp³-hybridized carbons (Fsp3) is 0.273. The largest absolute Gasteiger partial charge is 0.458 e. The van der Waals surface area contributed by atoms with Crippen LogP contribution in [0.2, 0.25) is 0 Å². The van der Waals surface area contributed by atoms with Gasteiger partial charge in [0.05, 0.1) is 5.56 Å². The van der Waals surface area contributed by atoms with E-state index in [1.54, 1.807) is 17.0 Å². The number of nitrogens with zero attached hydrogens (tertiary/aromatic N) is 1. The van der Waals surface area contributed by atoms with Gasteiger partial charge in [-0.1, -0.05) is 54.6 Å². The van der Waals surface area contributed by atoms with Gasteiger partial charge in [-0.15, -0.1) is 0 Å². The third kappa shape index (κ3) is 3.87. The summed E-state index contributed by atoms with van der Waals surface area (Å²) < 4.78 is 11.1. The SMILES string of the molecule is O=C(OC1CC=C2CN(C(=O)OCc3ccccc3)CC21)c1ccccc1. The molecule has 4 rings (SSSR count). The second-order valence-electron chi connectivity index (χ2n) is 6.85. The van der Waals surface area contributed by atoms with Crippen molar-refractivity contribution in [2.24, 2.45) is 5.92 Å². The minimum Gasteiger partial charge on any atom is -0.458 e. The summed E-state index contributed by atoms with van der Waals surface area (Å²) in [6, 6.07) is 18.6. The van der Waals surface area contributed by atoms with Crippen LogP contribution in [-0.2, 0) is 16.1 Å². The predicted molar refractivity (Wildman–Crippen MR) is 100 cm³/mol. The lowest BCUT2D eigenvalue weighted by Gasteiger charge is -2.20. The molecule has 2 unspecified atom stereocenters. The maximum absolute atomic E-state index is 12.4. The van der Waals surface area contributed by atoms with Gasteiger partial charge in [-0.3, -0.25) is 0 Å². The number of ether oxygens (including phenoxy) is 2. The number of hydrogen-bond donors (Lipinski definition) is 0. The number of hydrogen-bond acceptors (Lipinski definition) is 4. The Balaban J connectivity index is 1.32. The molecule has 5 nitrogen and oxygen atoms in total. The van der Waals surface area contributed by atoms with Crippen LogP contribution in [-0.4, -0.2) is 36.2 Å². The Morgan fingerprint density at radius 3 is 2.44 bits per heavy atom. The number of esters is 1. The molecule has 0 N–H and O–H groups in total. The zero-order valence-electron chi connectivity index (χ0n) is 14.9. The zero-order valence-corrected chi connectivity index (χ0v) is 14.9. The van der Waals surface area contributed by atoms with Gasteiger partial charge in [-0.05, 0) is 23.3 Å². The summed E-state index contributed by atoms with van der Waals surface area (Å²) in [7, 11) is 0. The molecule has 2 aliphatic rings. The molecule has 5 heteroatoms. The highest BCUT2D eigenvalue weighted by molar-refractivity contribution is 5.89. The molecule has 0 aromatic heterocycles. The van der Waals surface area contributed by atoms with E-state index in [1.165, 1.54) is 0 Å². The van der Waals surface area contributed by atoms with Crippen LogP contribution >= 0.6 is 0 Å². The number of amides is 1. The van der Waals surface area contributed by atoms with E-state index < -0.39 is 0 Å². The predicted octanol–water partition coefficient (Wildman–Crippen LogP) is 3.81. The van der Waals surface area contributed by atoms with Crippen LogP contribution in [0.3, 0.4) is 0 Å². The van der Waals surface area contributed by atoms with Crippen molar-refractivity contribution in [1.29, 1.82) is 0 Å². The average molecular weight is 363 g/mol. The number of carbonyl (C=O) groups is 2. The van der Waals surface area contributed by atoms with Gasteiger partial charge in [0.2, 0.25) is 0 Å². The van der Waals surface area contributed by atoms with Crippen LogP contribution < -0.4 is 0 Å². The van der Waals surface area contributed by atoms with E-state index in [0.29, 0.717) is 25.1 Å². The first-order valence-electron chi connectivity index (χ1n) is 9.11. The topological polar surface area (TPSA) is 55.8 Å². The summed E-state index contributed by atoms with van der Waals surface area (Å²) in [5, 5.41) is 0. The smallest absolute Gasteiger partial charge is 0.410 e. The van der Waals surface area contributed by atoms with Crippen molar-refractivity contribution in [3.63, 3.8) is 0 Å². The van der Waals surface area contributed by atoms with Crippen LogP contribution in [0, 0.1) is 5.92 Å². The number of likely N-dealkylation sites (tertiary alicyclic amines) is 1. The fourth-order valence-electron chi connectivity index (χ4n) is 3.62. The maximum atomic E-state index is 12.4. The Morgan fingerprint density at radius 2 is 1.70 bits per heavy atom. The highest BCUT2D eigenvalue weighted by Crippen LogP contribution is 2.35. The molecular formula is C22H21NO4. The molecule has 1 saturated heterocycles. The molecule has 0 spiro atoms. The molecule has 138 valence electrons. The van der Waals surface area contributed by atoms with Gasteiger partial charge in [0.25, 0.3) is 0 Å². The third-order valence-corrected chi connectivity index (χ3v) is 5.06. The summed E-state index contributed by atoms with van der Waals surface area (Å²) >= 11 is 0. The molecule has 1 aliphatic carbocycles. The number of benzene rings is 2. The lowest BCUT2D eigenvalue weighted by Crippen LogP contribution is -2.32. The van der Waals surface area contributed by atoms with E-state index in [-0.39, 0.29) is 30.7 Å². The number of carbonyl (C=O) groups excluding carboxylic acids is 2. The molecule has 1 fully saturated rings. The Labute approximate surface area is 158 Å². The molecule has 0 saturated carbocycles. The number of rotatable bonds is 4. The standard InChI is InChI=1S/C22H21NO4/c24-21(17-9-5-2-6-10-17)27-20-12-11-18-13-23(14-19(18)20)22(25)26-15-16-7-3-1-4-8-16/h1-11,19-20H,12-15H2. The summed E-state index contributed by atoms with van der Waals surface area (Å²) in [6.45, 7) is 1.32. The molecule has 0 radical (unpaired) electrons. The summed E-state index contributed by atoms with van der Waals surface area (Å²) in [5.74, 6) is -0.262. The lowest BCUT2D eigenvalue weighted by atomic mass is 10.0. The molecule has 2 atom stereocenters. The Kier molecular flexibility index (Phi) is 4.92. The van der Waals surface area contributed by atoms with Crippen LogP contribution in [0.1, 0.15) is 22.3 Å². The van der Waals surface area contributed by atoms with E-state index in [0.717, 1.165) is 11.1 Å². The van der Waals surface area contributed by atoms with Gasteiger partial charge in [0.1, 0.15) is 12.7 Å². The molecule has 27 heavy (non-hydrogen) atoms. The van der Waals surface area contributed by atoms with Crippen LogP contribution in [0.5, 0.6) is 0 Å². The van der Waals surface area contributed by atoms with Gasteiger partial charge in [0, 0.05) is 25.4 Å². The third-order valence-electron chi connectivity index (χ3n) is 5.06. The summed E-state index contributed by atoms with van der Waals surface area (Å²) in [6.07, 6.45) is 2.23. The quantitative estimate of drug-likeness (QED) is 0.612. The van der Waals surface area contributed by atoms with Crippen molar-refractivity contribution in [2.45, 2.75) is 19.1 Å². The van der Waals surface area contributed by atoms with E-state index in [4.69, 9.17) is 9.47 Å². The fourth-order valence-corrected chi connectivity index (χ4v) is 3.62. The van der Waals surface area contributed by atoms with E-state index in [2.05, 4.69) is 6.08 Å². The molecule has 0 bridgehead atoms. The zero-order chi connectivity index (χ0) is 18.6. The maximum Gasteiger partial charge on any atom is 0.410 e. The highest BCUT2D eigenvalue weighted by Gasteiger charge is 2.41. The first-order valence-corrected chi connectivity index (χ1v) is 9.11. The van der Waals surface area contributed by atoms with Gasteiger partial charge < -0.3 is 14.4 Å².